The minimum absolute atomic E-state index is 0.339. The number of nitrogens with zero attached hydrogens (tertiary/aromatic N) is 4. The lowest BCUT2D eigenvalue weighted by Gasteiger charge is -2.37. The number of anilines is 1. The van der Waals surface area contributed by atoms with Gasteiger partial charge in [-0.2, -0.15) is 0 Å². The van der Waals surface area contributed by atoms with Crippen molar-refractivity contribution in [2.24, 2.45) is 4.99 Å². The molecule has 0 spiro atoms. The van der Waals surface area contributed by atoms with E-state index in [1.807, 2.05) is 25.4 Å². The van der Waals surface area contributed by atoms with Crippen molar-refractivity contribution in [1.82, 2.24) is 15.2 Å². The van der Waals surface area contributed by atoms with Crippen molar-refractivity contribution in [3.05, 3.63) is 24.4 Å². The molecule has 1 atom stereocenters. The number of hydrogen-bond donors (Lipinski definition) is 1. The second-order valence-corrected chi connectivity index (χ2v) is 5.73. The summed E-state index contributed by atoms with van der Waals surface area (Å²) < 4.78 is 5.66. The van der Waals surface area contributed by atoms with Crippen LogP contribution >= 0.6 is 0 Å². The first-order valence-corrected chi connectivity index (χ1v) is 8.10. The zero-order chi connectivity index (χ0) is 15.2. The van der Waals surface area contributed by atoms with Crippen molar-refractivity contribution >= 4 is 11.8 Å². The molecule has 3 heterocycles. The minimum Gasteiger partial charge on any atom is -0.376 e. The number of guanidine groups is 1. The fraction of sp³-hybridized carbons (Fsp3) is 0.625. The van der Waals surface area contributed by atoms with Crippen molar-refractivity contribution < 1.29 is 4.74 Å². The zero-order valence-electron chi connectivity index (χ0n) is 13.2. The molecule has 0 radical (unpaired) electrons. The van der Waals surface area contributed by atoms with Crippen LogP contribution in [0.25, 0.3) is 0 Å². The molecule has 3 rings (SSSR count). The maximum atomic E-state index is 5.66. The van der Waals surface area contributed by atoms with Crippen LogP contribution in [0.5, 0.6) is 0 Å². The van der Waals surface area contributed by atoms with Gasteiger partial charge in [-0.15, -0.1) is 0 Å². The molecule has 22 heavy (non-hydrogen) atoms. The van der Waals surface area contributed by atoms with Gasteiger partial charge in [0.25, 0.3) is 0 Å². The maximum Gasteiger partial charge on any atom is 0.193 e. The molecular weight excluding hydrogens is 278 g/mol. The van der Waals surface area contributed by atoms with Crippen molar-refractivity contribution in [1.29, 1.82) is 0 Å². The van der Waals surface area contributed by atoms with Crippen LogP contribution in [0.2, 0.25) is 0 Å². The van der Waals surface area contributed by atoms with E-state index in [1.54, 1.807) is 0 Å². The number of ether oxygens (including phenoxy) is 1. The van der Waals surface area contributed by atoms with E-state index in [4.69, 9.17) is 4.74 Å². The summed E-state index contributed by atoms with van der Waals surface area (Å²) in [6.45, 7) is 5.61. The predicted octanol–water partition coefficient (Wildman–Crippen LogP) is 0.958. The van der Waals surface area contributed by atoms with Crippen LogP contribution in [0.1, 0.15) is 12.8 Å². The molecule has 2 fully saturated rings. The van der Waals surface area contributed by atoms with E-state index in [1.165, 1.54) is 6.42 Å². The molecule has 2 saturated heterocycles. The second kappa shape index (κ2) is 7.45. The maximum absolute atomic E-state index is 5.66. The van der Waals surface area contributed by atoms with Crippen LogP contribution in [-0.4, -0.2) is 68.3 Å². The highest BCUT2D eigenvalue weighted by Crippen LogP contribution is 2.13. The Morgan fingerprint density at radius 1 is 1.36 bits per heavy atom. The molecule has 0 saturated carbocycles. The molecule has 0 aliphatic carbocycles. The van der Waals surface area contributed by atoms with Gasteiger partial charge in [0.1, 0.15) is 5.82 Å². The highest BCUT2D eigenvalue weighted by atomic mass is 16.5. The van der Waals surface area contributed by atoms with Crippen molar-refractivity contribution in [2.75, 3.05) is 51.3 Å². The van der Waals surface area contributed by atoms with Crippen LogP contribution in [0.15, 0.2) is 29.4 Å². The van der Waals surface area contributed by atoms with Gasteiger partial charge in [0.05, 0.1) is 6.10 Å². The first-order chi connectivity index (χ1) is 10.9. The van der Waals surface area contributed by atoms with Gasteiger partial charge in [0.15, 0.2) is 5.96 Å². The quantitative estimate of drug-likeness (QED) is 0.666. The Bertz CT molecular complexity index is 479. The summed E-state index contributed by atoms with van der Waals surface area (Å²) >= 11 is 0. The topological polar surface area (TPSA) is 53.0 Å². The fourth-order valence-corrected chi connectivity index (χ4v) is 3.03. The molecule has 120 valence electrons. The van der Waals surface area contributed by atoms with Gasteiger partial charge >= 0.3 is 0 Å². The van der Waals surface area contributed by atoms with Crippen LogP contribution in [0, 0.1) is 0 Å². The zero-order valence-corrected chi connectivity index (χ0v) is 13.2. The second-order valence-electron chi connectivity index (χ2n) is 5.73. The van der Waals surface area contributed by atoms with Gasteiger partial charge in [-0.05, 0) is 25.0 Å². The summed E-state index contributed by atoms with van der Waals surface area (Å²) in [7, 11) is 1.85. The van der Waals surface area contributed by atoms with E-state index in [0.717, 1.165) is 57.5 Å². The Kier molecular flexibility index (Phi) is 5.11. The SMILES string of the molecule is CN=C(NCC1CCCO1)N1CCN(c2ccccn2)CC1. The molecule has 1 aromatic rings. The Morgan fingerprint density at radius 3 is 2.86 bits per heavy atom. The number of rotatable bonds is 3. The van der Waals surface area contributed by atoms with E-state index in [2.05, 4.69) is 31.2 Å². The van der Waals surface area contributed by atoms with Crippen LogP contribution in [-0.2, 0) is 4.74 Å². The minimum atomic E-state index is 0.339. The molecule has 1 aromatic heterocycles. The smallest absolute Gasteiger partial charge is 0.193 e. The van der Waals surface area contributed by atoms with Crippen molar-refractivity contribution in [3.63, 3.8) is 0 Å². The number of hydrogen-bond acceptors (Lipinski definition) is 4. The number of piperazine rings is 1. The molecule has 6 nitrogen and oxygen atoms in total. The van der Waals surface area contributed by atoms with Gasteiger partial charge in [0.2, 0.25) is 0 Å². The van der Waals surface area contributed by atoms with E-state index in [0.29, 0.717) is 6.10 Å². The normalized spacial score (nSPS) is 23.0. The Hall–Kier alpha value is -1.82. The molecule has 6 heteroatoms. The third kappa shape index (κ3) is 3.68. The summed E-state index contributed by atoms with van der Waals surface area (Å²) in [5.74, 6) is 2.04. The first kappa shape index (κ1) is 15.1. The monoisotopic (exact) mass is 303 g/mol. The lowest BCUT2D eigenvalue weighted by atomic mass is 10.2. The summed E-state index contributed by atoms with van der Waals surface area (Å²) in [6.07, 6.45) is 4.51. The Labute approximate surface area is 132 Å². The van der Waals surface area contributed by atoms with Gasteiger partial charge < -0.3 is 19.9 Å². The van der Waals surface area contributed by atoms with Crippen molar-refractivity contribution in [3.8, 4) is 0 Å². The summed E-state index contributed by atoms with van der Waals surface area (Å²) in [6, 6.07) is 6.06. The molecule has 0 bridgehead atoms. The summed E-state index contributed by atoms with van der Waals surface area (Å²) in [5, 5.41) is 3.45. The van der Waals surface area contributed by atoms with Gasteiger partial charge in [-0.1, -0.05) is 6.07 Å². The van der Waals surface area contributed by atoms with Gasteiger partial charge in [0, 0.05) is 52.6 Å². The predicted molar refractivity (Wildman–Crippen MR) is 88.4 cm³/mol. The third-order valence-corrected chi connectivity index (χ3v) is 4.28. The van der Waals surface area contributed by atoms with Crippen LogP contribution in [0.3, 0.4) is 0 Å². The molecule has 1 N–H and O–H groups in total. The highest BCUT2D eigenvalue weighted by molar-refractivity contribution is 5.80. The van der Waals surface area contributed by atoms with Crippen molar-refractivity contribution in [2.45, 2.75) is 18.9 Å². The number of pyridine rings is 1. The molecule has 0 aromatic carbocycles. The lowest BCUT2D eigenvalue weighted by molar-refractivity contribution is 0.113. The Balaban J connectivity index is 1.48. The van der Waals surface area contributed by atoms with Gasteiger partial charge in [-0.25, -0.2) is 4.98 Å². The van der Waals surface area contributed by atoms with Crippen LogP contribution < -0.4 is 10.2 Å². The third-order valence-electron chi connectivity index (χ3n) is 4.28. The first-order valence-electron chi connectivity index (χ1n) is 8.10. The summed E-state index contributed by atoms with van der Waals surface area (Å²) in [4.78, 5) is 13.5. The van der Waals surface area contributed by atoms with E-state index in [-0.39, 0.29) is 0 Å². The fourth-order valence-electron chi connectivity index (χ4n) is 3.03. The summed E-state index contributed by atoms with van der Waals surface area (Å²) in [5.41, 5.74) is 0. The average molecular weight is 303 g/mol. The number of nitrogens with one attached hydrogen (secondary N) is 1. The standard InChI is InChI=1S/C16H25N5O/c1-17-16(19-13-14-5-4-12-22-14)21-10-8-20(9-11-21)15-6-2-3-7-18-15/h2-3,6-7,14H,4-5,8-13H2,1H3,(H,17,19). The average Bonchev–Trinajstić information content (AvgIpc) is 3.10. The number of aromatic nitrogens is 1. The molecular formula is C16H25N5O. The molecule has 2 aliphatic rings. The highest BCUT2D eigenvalue weighted by Gasteiger charge is 2.22. The molecule has 0 amide bonds. The van der Waals surface area contributed by atoms with Gasteiger partial charge in [-0.3, -0.25) is 4.99 Å². The van der Waals surface area contributed by atoms with Crippen LogP contribution in [0.4, 0.5) is 5.82 Å². The lowest BCUT2D eigenvalue weighted by Crippen LogP contribution is -2.53. The Morgan fingerprint density at radius 2 is 2.23 bits per heavy atom. The number of aliphatic imine (C=N–C) groups is 1. The largest absolute Gasteiger partial charge is 0.376 e. The van der Waals surface area contributed by atoms with E-state index in [9.17, 15) is 0 Å². The van der Waals surface area contributed by atoms with E-state index >= 15 is 0 Å². The molecule has 2 aliphatic heterocycles. The molecule has 1 unspecified atom stereocenters. The van der Waals surface area contributed by atoms with E-state index < -0.39 is 0 Å².